The third kappa shape index (κ3) is 2.99. The van der Waals surface area contributed by atoms with Gasteiger partial charge in [0.2, 0.25) is 0 Å². The van der Waals surface area contributed by atoms with Crippen LogP contribution >= 0.6 is 15.9 Å². The Morgan fingerprint density at radius 3 is 2.46 bits per heavy atom. The molecule has 0 bridgehead atoms. The number of aryl methyl sites for hydroxylation is 2. The zero-order valence-electron chi connectivity index (χ0n) is 8.60. The minimum Gasteiger partial charge on any atom is -0.318 e. The molecule has 0 aliphatic rings. The standard InChI is InChI=1S/C8H10BrNO.C2H6/c1-3-6-4-5-10(2)8(11)7(6)9;1-2/h4-5H,3H2,1-2H3;1-2H3. The molecule has 0 aromatic carbocycles. The second kappa shape index (κ2) is 5.97. The molecule has 2 nitrogen and oxygen atoms in total. The smallest absolute Gasteiger partial charge is 0.264 e. The van der Waals surface area contributed by atoms with Gasteiger partial charge in [-0.2, -0.15) is 0 Å². The second-order valence-corrected chi connectivity index (χ2v) is 3.22. The minimum absolute atomic E-state index is 0.0318. The van der Waals surface area contributed by atoms with Crippen molar-refractivity contribution in [3.8, 4) is 0 Å². The van der Waals surface area contributed by atoms with Gasteiger partial charge in [0.05, 0.1) is 4.47 Å². The minimum atomic E-state index is 0.0318. The number of halogens is 1. The molecule has 74 valence electrons. The van der Waals surface area contributed by atoms with E-state index in [-0.39, 0.29) is 5.56 Å². The van der Waals surface area contributed by atoms with E-state index in [9.17, 15) is 4.79 Å². The summed E-state index contributed by atoms with van der Waals surface area (Å²) < 4.78 is 2.24. The molecule has 0 saturated heterocycles. The van der Waals surface area contributed by atoms with Crippen LogP contribution in [-0.2, 0) is 13.5 Å². The monoisotopic (exact) mass is 245 g/mol. The molecule has 0 amide bonds. The zero-order chi connectivity index (χ0) is 10.4. The van der Waals surface area contributed by atoms with E-state index >= 15 is 0 Å². The number of hydrogen-bond donors (Lipinski definition) is 0. The molecule has 0 N–H and O–H groups in total. The van der Waals surface area contributed by atoms with Gasteiger partial charge < -0.3 is 4.57 Å². The van der Waals surface area contributed by atoms with Crippen LogP contribution in [0.15, 0.2) is 21.5 Å². The first-order valence-corrected chi connectivity index (χ1v) is 5.30. The molecule has 0 saturated carbocycles. The Morgan fingerprint density at radius 1 is 1.46 bits per heavy atom. The van der Waals surface area contributed by atoms with Crippen LogP contribution in [0.3, 0.4) is 0 Å². The molecule has 0 atom stereocenters. The average molecular weight is 246 g/mol. The van der Waals surface area contributed by atoms with Crippen LogP contribution < -0.4 is 5.56 Å². The molecule has 1 rings (SSSR count). The summed E-state index contributed by atoms with van der Waals surface area (Å²) in [5.41, 5.74) is 1.09. The Kier molecular flexibility index (Phi) is 5.71. The van der Waals surface area contributed by atoms with Gasteiger partial charge in [0.25, 0.3) is 5.56 Å². The lowest BCUT2D eigenvalue weighted by molar-refractivity contribution is 0.842. The molecule has 0 spiro atoms. The Hall–Kier alpha value is -0.570. The molecule has 1 heterocycles. The predicted octanol–water partition coefficient (Wildman–Crippen LogP) is 2.74. The van der Waals surface area contributed by atoms with E-state index in [0.29, 0.717) is 4.47 Å². The molecule has 1 aromatic heterocycles. The van der Waals surface area contributed by atoms with Crippen LogP contribution in [0.5, 0.6) is 0 Å². The molecular formula is C10H16BrNO. The van der Waals surface area contributed by atoms with Crippen molar-refractivity contribution >= 4 is 15.9 Å². The number of rotatable bonds is 1. The fourth-order valence-electron chi connectivity index (χ4n) is 0.908. The highest BCUT2D eigenvalue weighted by atomic mass is 79.9. The van der Waals surface area contributed by atoms with E-state index in [1.165, 1.54) is 0 Å². The SMILES string of the molecule is CC.CCc1ccn(C)c(=O)c1Br. The lowest BCUT2D eigenvalue weighted by Gasteiger charge is -2.01. The van der Waals surface area contributed by atoms with Crippen molar-refractivity contribution in [2.24, 2.45) is 7.05 Å². The number of hydrogen-bond acceptors (Lipinski definition) is 1. The van der Waals surface area contributed by atoms with Gasteiger partial charge in [-0.1, -0.05) is 20.8 Å². The lowest BCUT2D eigenvalue weighted by Crippen LogP contribution is -2.17. The molecule has 13 heavy (non-hydrogen) atoms. The summed E-state index contributed by atoms with van der Waals surface area (Å²) in [6.07, 6.45) is 2.67. The highest BCUT2D eigenvalue weighted by Gasteiger charge is 2.01. The quantitative estimate of drug-likeness (QED) is 0.746. The van der Waals surface area contributed by atoms with Crippen LogP contribution in [-0.4, -0.2) is 4.57 Å². The van der Waals surface area contributed by atoms with E-state index in [4.69, 9.17) is 0 Å². The number of nitrogens with zero attached hydrogens (tertiary/aromatic N) is 1. The molecule has 0 fully saturated rings. The fourth-order valence-corrected chi connectivity index (χ4v) is 1.60. The second-order valence-electron chi connectivity index (χ2n) is 2.42. The molecule has 0 aliphatic carbocycles. The Morgan fingerprint density at radius 2 is 2.00 bits per heavy atom. The van der Waals surface area contributed by atoms with Gasteiger partial charge in [-0.05, 0) is 34.0 Å². The van der Waals surface area contributed by atoms with Gasteiger partial charge in [0.15, 0.2) is 0 Å². The van der Waals surface area contributed by atoms with Crippen LogP contribution in [0.1, 0.15) is 26.3 Å². The molecule has 0 radical (unpaired) electrons. The summed E-state index contributed by atoms with van der Waals surface area (Å²) in [4.78, 5) is 11.3. The molecule has 0 aliphatic heterocycles. The summed E-state index contributed by atoms with van der Waals surface area (Å²) >= 11 is 3.26. The van der Waals surface area contributed by atoms with Gasteiger partial charge in [-0.15, -0.1) is 0 Å². The zero-order valence-corrected chi connectivity index (χ0v) is 10.2. The van der Waals surface area contributed by atoms with Gasteiger partial charge in [-0.25, -0.2) is 0 Å². The van der Waals surface area contributed by atoms with Crippen molar-refractivity contribution in [1.29, 1.82) is 0 Å². The van der Waals surface area contributed by atoms with E-state index in [1.54, 1.807) is 17.8 Å². The van der Waals surface area contributed by atoms with Crippen molar-refractivity contribution in [1.82, 2.24) is 4.57 Å². The number of aromatic nitrogens is 1. The largest absolute Gasteiger partial charge is 0.318 e. The normalized spacial score (nSPS) is 9.00. The Labute approximate surface area is 87.7 Å². The maximum atomic E-state index is 11.3. The van der Waals surface area contributed by atoms with Crippen LogP contribution in [0, 0.1) is 0 Å². The summed E-state index contributed by atoms with van der Waals surface area (Å²) in [7, 11) is 1.74. The lowest BCUT2D eigenvalue weighted by atomic mass is 10.2. The van der Waals surface area contributed by atoms with E-state index < -0.39 is 0 Å². The van der Waals surface area contributed by atoms with E-state index in [1.807, 2.05) is 26.8 Å². The van der Waals surface area contributed by atoms with Crippen molar-refractivity contribution in [3.05, 3.63) is 32.7 Å². The van der Waals surface area contributed by atoms with Crippen molar-refractivity contribution in [2.45, 2.75) is 27.2 Å². The third-order valence-corrected chi connectivity index (χ3v) is 2.52. The maximum absolute atomic E-state index is 11.3. The molecule has 0 unspecified atom stereocenters. The summed E-state index contributed by atoms with van der Waals surface area (Å²) in [6, 6.07) is 1.95. The van der Waals surface area contributed by atoms with Gasteiger partial charge in [0, 0.05) is 13.2 Å². The number of pyridine rings is 1. The summed E-state index contributed by atoms with van der Waals surface area (Å²) in [5.74, 6) is 0. The first kappa shape index (κ1) is 12.4. The van der Waals surface area contributed by atoms with Crippen LogP contribution in [0.4, 0.5) is 0 Å². The predicted molar refractivity (Wildman–Crippen MR) is 60.1 cm³/mol. The van der Waals surface area contributed by atoms with E-state index in [2.05, 4.69) is 15.9 Å². The Balaban J connectivity index is 0.000000671. The third-order valence-electron chi connectivity index (χ3n) is 1.67. The fraction of sp³-hybridized carbons (Fsp3) is 0.500. The van der Waals surface area contributed by atoms with Crippen molar-refractivity contribution in [3.63, 3.8) is 0 Å². The molecule has 1 aromatic rings. The van der Waals surface area contributed by atoms with Gasteiger partial charge in [-0.3, -0.25) is 4.79 Å². The highest BCUT2D eigenvalue weighted by molar-refractivity contribution is 9.10. The summed E-state index contributed by atoms with van der Waals surface area (Å²) in [6.45, 7) is 6.03. The molecular weight excluding hydrogens is 230 g/mol. The first-order valence-electron chi connectivity index (χ1n) is 4.50. The topological polar surface area (TPSA) is 22.0 Å². The average Bonchev–Trinajstić information content (AvgIpc) is 2.18. The van der Waals surface area contributed by atoms with Crippen LogP contribution in [0.2, 0.25) is 0 Å². The first-order chi connectivity index (χ1) is 6.16. The maximum Gasteiger partial charge on any atom is 0.264 e. The van der Waals surface area contributed by atoms with Crippen molar-refractivity contribution < 1.29 is 0 Å². The Bertz CT molecular complexity index is 317. The van der Waals surface area contributed by atoms with Crippen molar-refractivity contribution in [2.75, 3.05) is 0 Å². The van der Waals surface area contributed by atoms with E-state index in [0.717, 1.165) is 12.0 Å². The summed E-state index contributed by atoms with van der Waals surface area (Å²) in [5, 5.41) is 0. The van der Waals surface area contributed by atoms with Gasteiger partial charge in [0.1, 0.15) is 0 Å². The van der Waals surface area contributed by atoms with Gasteiger partial charge >= 0.3 is 0 Å². The molecule has 3 heteroatoms. The highest BCUT2D eigenvalue weighted by Crippen LogP contribution is 2.10. The van der Waals surface area contributed by atoms with Crippen LogP contribution in [0.25, 0.3) is 0 Å².